The molecule has 1 saturated carbocycles. The van der Waals surface area contributed by atoms with E-state index in [-0.39, 0.29) is 11.9 Å². The minimum Gasteiger partial charge on any atom is -0.497 e. The van der Waals surface area contributed by atoms with Crippen LogP contribution in [-0.4, -0.2) is 32.2 Å². The lowest BCUT2D eigenvalue weighted by molar-refractivity contribution is -0.121. The molecule has 0 bridgehead atoms. The number of methoxy groups -OCH3 is 2. The van der Waals surface area contributed by atoms with Crippen molar-refractivity contribution in [3.63, 3.8) is 0 Å². The number of hydrogen-bond acceptors (Lipinski definition) is 4. The molecule has 104 valence electrons. The monoisotopic (exact) mass is 264 g/mol. The maximum absolute atomic E-state index is 11.9. The normalized spacial score (nSPS) is 15.5. The third kappa shape index (κ3) is 3.53. The van der Waals surface area contributed by atoms with Crippen molar-refractivity contribution in [1.29, 1.82) is 0 Å². The van der Waals surface area contributed by atoms with Crippen molar-refractivity contribution < 1.29 is 14.3 Å². The van der Waals surface area contributed by atoms with E-state index in [0.29, 0.717) is 11.8 Å². The van der Waals surface area contributed by atoms with Crippen molar-refractivity contribution in [1.82, 2.24) is 5.32 Å². The SMILES string of the molecule is COc1ccc(OC)c(NC(C)C(=O)NC2CC2)c1. The molecule has 5 nitrogen and oxygen atoms in total. The second-order valence-corrected chi connectivity index (χ2v) is 4.72. The van der Waals surface area contributed by atoms with Crippen molar-refractivity contribution in [3.8, 4) is 11.5 Å². The molecule has 1 amide bonds. The van der Waals surface area contributed by atoms with Crippen LogP contribution < -0.4 is 20.1 Å². The van der Waals surface area contributed by atoms with Crippen molar-refractivity contribution in [3.05, 3.63) is 18.2 Å². The number of amides is 1. The zero-order valence-electron chi connectivity index (χ0n) is 11.5. The fourth-order valence-electron chi connectivity index (χ4n) is 1.78. The predicted molar refractivity (Wildman–Crippen MR) is 73.8 cm³/mol. The molecular weight excluding hydrogens is 244 g/mol. The van der Waals surface area contributed by atoms with Gasteiger partial charge in [-0.25, -0.2) is 0 Å². The Balaban J connectivity index is 2.05. The molecule has 5 heteroatoms. The molecular formula is C14H20N2O3. The Morgan fingerprint density at radius 3 is 2.63 bits per heavy atom. The van der Waals surface area contributed by atoms with Gasteiger partial charge in [0.25, 0.3) is 0 Å². The van der Waals surface area contributed by atoms with Gasteiger partial charge in [-0.05, 0) is 31.9 Å². The fraction of sp³-hybridized carbons (Fsp3) is 0.500. The van der Waals surface area contributed by atoms with E-state index in [9.17, 15) is 4.79 Å². The highest BCUT2D eigenvalue weighted by molar-refractivity contribution is 5.85. The van der Waals surface area contributed by atoms with Gasteiger partial charge < -0.3 is 20.1 Å². The lowest BCUT2D eigenvalue weighted by atomic mass is 10.2. The first kappa shape index (κ1) is 13.5. The van der Waals surface area contributed by atoms with Gasteiger partial charge in [0.05, 0.1) is 19.9 Å². The van der Waals surface area contributed by atoms with E-state index < -0.39 is 0 Å². The van der Waals surface area contributed by atoms with Gasteiger partial charge in [-0.3, -0.25) is 4.79 Å². The number of carbonyl (C=O) groups excluding carboxylic acids is 1. The van der Waals surface area contributed by atoms with E-state index >= 15 is 0 Å². The summed E-state index contributed by atoms with van der Waals surface area (Å²) in [6.07, 6.45) is 2.17. The van der Waals surface area contributed by atoms with Gasteiger partial charge in [0, 0.05) is 12.1 Å². The number of ether oxygens (including phenoxy) is 2. The van der Waals surface area contributed by atoms with Crippen LogP contribution in [0.25, 0.3) is 0 Å². The van der Waals surface area contributed by atoms with Gasteiger partial charge >= 0.3 is 0 Å². The van der Waals surface area contributed by atoms with Gasteiger partial charge in [-0.2, -0.15) is 0 Å². The van der Waals surface area contributed by atoms with Crippen molar-refractivity contribution in [2.75, 3.05) is 19.5 Å². The van der Waals surface area contributed by atoms with Crippen LogP contribution in [0.15, 0.2) is 18.2 Å². The lowest BCUT2D eigenvalue weighted by Gasteiger charge is -2.17. The summed E-state index contributed by atoms with van der Waals surface area (Å²) >= 11 is 0. The largest absolute Gasteiger partial charge is 0.497 e. The predicted octanol–water partition coefficient (Wildman–Crippen LogP) is 1.78. The fourth-order valence-corrected chi connectivity index (χ4v) is 1.78. The summed E-state index contributed by atoms with van der Waals surface area (Å²) in [5, 5.41) is 6.12. The molecule has 0 heterocycles. The van der Waals surface area contributed by atoms with Crippen LogP contribution in [0.5, 0.6) is 11.5 Å². The van der Waals surface area contributed by atoms with Gasteiger partial charge in [0.1, 0.15) is 17.5 Å². The van der Waals surface area contributed by atoms with Crippen LogP contribution in [0, 0.1) is 0 Å². The summed E-state index contributed by atoms with van der Waals surface area (Å²) in [4.78, 5) is 11.9. The second kappa shape index (κ2) is 5.82. The van der Waals surface area contributed by atoms with Gasteiger partial charge in [0.2, 0.25) is 5.91 Å². The smallest absolute Gasteiger partial charge is 0.242 e. The van der Waals surface area contributed by atoms with E-state index in [4.69, 9.17) is 9.47 Å². The first-order valence-corrected chi connectivity index (χ1v) is 6.43. The van der Waals surface area contributed by atoms with Gasteiger partial charge in [-0.1, -0.05) is 0 Å². The van der Waals surface area contributed by atoms with E-state index in [1.807, 2.05) is 25.1 Å². The van der Waals surface area contributed by atoms with Crippen molar-refractivity contribution in [2.24, 2.45) is 0 Å². The molecule has 1 aliphatic carbocycles. The number of nitrogens with one attached hydrogen (secondary N) is 2. The van der Waals surface area contributed by atoms with Crippen LogP contribution in [0.3, 0.4) is 0 Å². The Morgan fingerprint density at radius 1 is 1.32 bits per heavy atom. The molecule has 2 N–H and O–H groups in total. The number of anilines is 1. The number of benzene rings is 1. The number of hydrogen-bond donors (Lipinski definition) is 2. The van der Waals surface area contributed by atoms with Crippen LogP contribution in [0.4, 0.5) is 5.69 Å². The Morgan fingerprint density at radius 2 is 2.05 bits per heavy atom. The summed E-state index contributed by atoms with van der Waals surface area (Å²) in [6.45, 7) is 1.83. The summed E-state index contributed by atoms with van der Waals surface area (Å²) in [5.41, 5.74) is 0.750. The van der Waals surface area contributed by atoms with Crippen LogP contribution >= 0.6 is 0 Å². The van der Waals surface area contributed by atoms with E-state index in [1.54, 1.807) is 14.2 Å². The van der Waals surface area contributed by atoms with E-state index in [0.717, 1.165) is 24.3 Å². The maximum atomic E-state index is 11.9. The van der Waals surface area contributed by atoms with Crippen molar-refractivity contribution in [2.45, 2.75) is 31.8 Å². The highest BCUT2D eigenvalue weighted by atomic mass is 16.5. The lowest BCUT2D eigenvalue weighted by Crippen LogP contribution is -2.38. The molecule has 1 aromatic carbocycles. The maximum Gasteiger partial charge on any atom is 0.242 e. The summed E-state index contributed by atoms with van der Waals surface area (Å²) in [7, 11) is 3.21. The molecule has 1 atom stereocenters. The molecule has 0 aliphatic heterocycles. The van der Waals surface area contributed by atoms with E-state index in [1.165, 1.54) is 0 Å². The minimum atomic E-state index is -0.318. The zero-order chi connectivity index (χ0) is 13.8. The quantitative estimate of drug-likeness (QED) is 0.822. The van der Waals surface area contributed by atoms with Gasteiger partial charge in [0.15, 0.2) is 0 Å². The van der Waals surface area contributed by atoms with Crippen LogP contribution in [0.2, 0.25) is 0 Å². The molecule has 1 unspecified atom stereocenters. The van der Waals surface area contributed by atoms with Crippen molar-refractivity contribution >= 4 is 11.6 Å². The second-order valence-electron chi connectivity index (χ2n) is 4.72. The molecule has 19 heavy (non-hydrogen) atoms. The average Bonchev–Trinajstić information content (AvgIpc) is 3.22. The summed E-state index contributed by atoms with van der Waals surface area (Å²) < 4.78 is 10.4. The first-order valence-electron chi connectivity index (χ1n) is 6.43. The highest BCUT2D eigenvalue weighted by Gasteiger charge is 2.25. The Bertz CT molecular complexity index is 458. The average molecular weight is 264 g/mol. The van der Waals surface area contributed by atoms with E-state index in [2.05, 4.69) is 10.6 Å². The van der Waals surface area contributed by atoms with Crippen LogP contribution in [-0.2, 0) is 4.79 Å². The standard InChI is InChI=1S/C14H20N2O3/c1-9(14(17)16-10-4-5-10)15-12-8-11(18-2)6-7-13(12)19-3/h6-10,15H,4-5H2,1-3H3,(H,16,17). The third-order valence-electron chi connectivity index (χ3n) is 3.10. The third-order valence-corrected chi connectivity index (χ3v) is 3.10. The molecule has 0 spiro atoms. The molecule has 2 rings (SSSR count). The molecule has 0 radical (unpaired) electrons. The number of carbonyl (C=O) groups is 1. The topological polar surface area (TPSA) is 59.6 Å². The molecule has 0 saturated heterocycles. The minimum absolute atomic E-state index is 0.00683. The molecule has 1 fully saturated rings. The Kier molecular flexibility index (Phi) is 4.14. The molecule has 0 aromatic heterocycles. The Hall–Kier alpha value is -1.91. The van der Waals surface area contributed by atoms with Crippen LogP contribution in [0.1, 0.15) is 19.8 Å². The van der Waals surface area contributed by atoms with Gasteiger partial charge in [-0.15, -0.1) is 0 Å². The number of rotatable bonds is 6. The zero-order valence-corrected chi connectivity index (χ0v) is 11.5. The Labute approximate surface area is 113 Å². The summed E-state index contributed by atoms with van der Waals surface area (Å²) in [5.74, 6) is 1.41. The molecule has 1 aliphatic rings. The highest BCUT2D eigenvalue weighted by Crippen LogP contribution is 2.29. The molecule has 1 aromatic rings. The summed E-state index contributed by atoms with van der Waals surface area (Å²) in [6, 6.07) is 5.50. The first-order chi connectivity index (χ1) is 9.13.